The molecule has 2 amide bonds. The van der Waals surface area contributed by atoms with Crippen LogP contribution < -0.4 is 10.2 Å². The number of hydrogen-bond donors (Lipinski definition) is 1. The quantitative estimate of drug-likeness (QED) is 0.269. The Morgan fingerprint density at radius 1 is 1.02 bits per heavy atom. The number of aromatic nitrogens is 3. The largest absolute Gasteiger partial charge is 0.445 e. The van der Waals surface area contributed by atoms with Crippen LogP contribution in [0.25, 0.3) is 22.4 Å². The van der Waals surface area contributed by atoms with Gasteiger partial charge in [0.15, 0.2) is 0 Å². The Hall–Kier alpha value is -3.25. The second kappa shape index (κ2) is 14.3. The minimum Gasteiger partial charge on any atom is -0.445 e. The van der Waals surface area contributed by atoms with Crippen LogP contribution in [0.3, 0.4) is 0 Å². The number of benzene rings is 1. The number of amides is 2. The van der Waals surface area contributed by atoms with Gasteiger partial charge in [0.1, 0.15) is 18.0 Å². The van der Waals surface area contributed by atoms with Gasteiger partial charge in [-0.15, -0.1) is 0 Å². The maximum Gasteiger partial charge on any atom is 0.411 e. The summed E-state index contributed by atoms with van der Waals surface area (Å²) in [5.41, 5.74) is 4.52. The number of piperidine rings is 1. The van der Waals surface area contributed by atoms with Gasteiger partial charge in [0.05, 0.1) is 31.1 Å². The second-order valence-electron chi connectivity index (χ2n) is 12.5. The van der Waals surface area contributed by atoms with Gasteiger partial charge in [-0.25, -0.2) is 14.6 Å². The third-order valence-electron chi connectivity index (χ3n) is 7.70. The zero-order chi connectivity index (χ0) is 33.1. The number of halogens is 3. The van der Waals surface area contributed by atoms with Gasteiger partial charge in [-0.1, -0.05) is 40.9 Å². The van der Waals surface area contributed by atoms with E-state index in [-0.39, 0.29) is 18.7 Å². The molecular weight excluding hydrogens is 655 g/mol. The number of rotatable bonds is 6. The molecule has 4 heterocycles. The number of aryl methyl sites for hydroxylation is 1. The molecule has 2 fully saturated rings. The van der Waals surface area contributed by atoms with Crippen molar-refractivity contribution in [1.82, 2.24) is 19.7 Å². The van der Waals surface area contributed by atoms with Gasteiger partial charge >= 0.3 is 12.2 Å². The number of likely N-dealkylation sites (tertiary alicyclic amines) is 1. The van der Waals surface area contributed by atoms with E-state index >= 15 is 0 Å². The first kappa shape index (κ1) is 34.1. The monoisotopic (exact) mass is 692 g/mol. The van der Waals surface area contributed by atoms with E-state index in [9.17, 15) is 9.59 Å². The second-order valence-corrected chi connectivity index (χ2v) is 15.0. The number of carbonyl (C=O) groups is 2. The Balaban J connectivity index is 1.39. The van der Waals surface area contributed by atoms with Gasteiger partial charge in [0.2, 0.25) is 3.79 Å². The lowest BCUT2D eigenvalue weighted by molar-refractivity contribution is 0.0184. The van der Waals surface area contributed by atoms with Crippen LogP contribution in [-0.4, -0.2) is 87.2 Å². The molecular formula is C32H39Cl3N6O5. The molecule has 0 aliphatic carbocycles. The average molecular weight is 694 g/mol. The van der Waals surface area contributed by atoms with E-state index in [0.29, 0.717) is 32.0 Å². The molecule has 3 aromatic rings. The first-order chi connectivity index (χ1) is 21.7. The molecule has 0 bridgehead atoms. The standard InChI is InChI=1S/C32H39Cl3N6O5/c1-21-5-6-24(37-29(42)45-20-32(33,34)35)17-26(21)22-15-27(38-28(16-22)39-11-13-44-14-12-39)23-18-36-41(19-23)25-7-9-40(10-8-25)30(43)46-31(2,3)4/h5-6,15-19,25H,7-14,20H2,1-4H3,(H,37,42). The van der Waals surface area contributed by atoms with Crippen LogP contribution >= 0.6 is 34.8 Å². The summed E-state index contributed by atoms with van der Waals surface area (Å²) < 4.78 is 16.5. The predicted molar refractivity (Wildman–Crippen MR) is 180 cm³/mol. The van der Waals surface area contributed by atoms with Gasteiger partial charge < -0.3 is 24.0 Å². The number of anilines is 2. The van der Waals surface area contributed by atoms with Crippen LogP contribution in [0, 0.1) is 6.92 Å². The highest BCUT2D eigenvalue weighted by Gasteiger charge is 2.28. The molecule has 248 valence electrons. The summed E-state index contributed by atoms with van der Waals surface area (Å²) in [5, 5.41) is 7.42. The van der Waals surface area contributed by atoms with Crippen LogP contribution in [0.15, 0.2) is 42.7 Å². The van der Waals surface area contributed by atoms with Gasteiger partial charge in [-0.2, -0.15) is 5.10 Å². The SMILES string of the molecule is Cc1ccc(NC(=O)OCC(Cl)(Cl)Cl)cc1-c1cc(-c2cnn(C3CCN(C(=O)OC(C)(C)C)CC3)c2)nc(N2CCOCC2)c1. The van der Waals surface area contributed by atoms with Gasteiger partial charge in [-0.3, -0.25) is 10.00 Å². The Bertz CT molecular complexity index is 1540. The van der Waals surface area contributed by atoms with E-state index in [1.807, 2.05) is 63.0 Å². The van der Waals surface area contributed by atoms with Gasteiger partial charge in [0, 0.05) is 43.6 Å². The summed E-state index contributed by atoms with van der Waals surface area (Å²) >= 11 is 17.1. The molecule has 5 rings (SSSR count). The Kier molecular flexibility index (Phi) is 10.6. The number of carbonyl (C=O) groups excluding carboxylic acids is 2. The maximum absolute atomic E-state index is 12.5. The van der Waals surface area contributed by atoms with Crippen molar-refractivity contribution in [2.45, 2.75) is 56.0 Å². The molecule has 0 spiro atoms. The number of pyridine rings is 1. The van der Waals surface area contributed by atoms with Crippen LogP contribution in [0.1, 0.15) is 45.2 Å². The summed E-state index contributed by atoms with van der Waals surface area (Å²) in [5.74, 6) is 0.828. The molecule has 1 aromatic carbocycles. The number of alkyl halides is 3. The van der Waals surface area contributed by atoms with Crippen molar-refractivity contribution in [3.05, 3.63) is 48.3 Å². The molecule has 2 aliphatic heterocycles. The number of ether oxygens (including phenoxy) is 3. The topological polar surface area (TPSA) is 111 Å². The lowest BCUT2D eigenvalue weighted by Crippen LogP contribution is -2.42. The third kappa shape index (κ3) is 9.18. The normalized spacial score (nSPS) is 16.3. The fraction of sp³-hybridized carbons (Fsp3) is 0.500. The van der Waals surface area contributed by atoms with Crippen molar-refractivity contribution in [3.63, 3.8) is 0 Å². The molecule has 14 heteroatoms. The zero-order valence-corrected chi connectivity index (χ0v) is 28.7. The van der Waals surface area contributed by atoms with Crippen molar-refractivity contribution in [2.75, 3.05) is 56.2 Å². The lowest BCUT2D eigenvalue weighted by atomic mass is 9.98. The Morgan fingerprint density at radius 3 is 2.41 bits per heavy atom. The summed E-state index contributed by atoms with van der Waals surface area (Å²) in [6, 6.07) is 9.84. The molecule has 11 nitrogen and oxygen atoms in total. The van der Waals surface area contributed by atoms with Gasteiger partial charge in [-0.05, 0) is 81.5 Å². The number of morpholine rings is 1. The summed E-state index contributed by atoms with van der Waals surface area (Å²) in [6.07, 6.45) is 4.40. The molecule has 0 saturated carbocycles. The van der Waals surface area contributed by atoms with E-state index in [1.54, 1.807) is 11.0 Å². The van der Waals surface area contributed by atoms with E-state index in [2.05, 4.69) is 16.3 Å². The highest BCUT2D eigenvalue weighted by molar-refractivity contribution is 6.67. The minimum absolute atomic E-state index is 0.153. The fourth-order valence-electron chi connectivity index (χ4n) is 5.40. The van der Waals surface area contributed by atoms with Crippen molar-refractivity contribution in [3.8, 4) is 22.4 Å². The third-order valence-corrected chi connectivity index (χ3v) is 8.02. The summed E-state index contributed by atoms with van der Waals surface area (Å²) in [6.45, 7) is 11.1. The van der Waals surface area contributed by atoms with Gasteiger partial charge in [0.25, 0.3) is 0 Å². The molecule has 2 aliphatic rings. The first-order valence-corrected chi connectivity index (χ1v) is 16.4. The number of nitrogens with zero attached hydrogens (tertiary/aromatic N) is 5. The van der Waals surface area contributed by atoms with E-state index in [0.717, 1.165) is 59.7 Å². The molecule has 2 aromatic heterocycles. The summed E-state index contributed by atoms with van der Waals surface area (Å²) in [7, 11) is 0. The average Bonchev–Trinajstić information content (AvgIpc) is 3.51. The fourth-order valence-corrected chi connectivity index (χ4v) is 5.56. The smallest absolute Gasteiger partial charge is 0.411 e. The molecule has 46 heavy (non-hydrogen) atoms. The Labute approximate surface area is 284 Å². The van der Waals surface area contributed by atoms with Crippen molar-refractivity contribution in [1.29, 1.82) is 0 Å². The number of nitrogens with one attached hydrogen (secondary N) is 1. The molecule has 0 unspecified atom stereocenters. The van der Waals surface area contributed by atoms with Crippen LogP contribution in [0.4, 0.5) is 21.1 Å². The molecule has 1 N–H and O–H groups in total. The van der Waals surface area contributed by atoms with Crippen LogP contribution in [-0.2, 0) is 14.2 Å². The predicted octanol–water partition coefficient (Wildman–Crippen LogP) is 7.25. The lowest BCUT2D eigenvalue weighted by Gasteiger charge is -2.33. The van der Waals surface area contributed by atoms with Crippen molar-refractivity contribution >= 4 is 58.5 Å². The Morgan fingerprint density at radius 2 is 1.74 bits per heavy atom. The maximum atomic E-state index is 12.5. The number of hydrogen-bond acceptors (Lipinski definition) is 8. The minimum atomic E-state index is -1.70. The molecule has 2 saturated heterocycles. The van der Waals surface area contributed by atoms with E-state index < -0.39 is 15.5 Å². The van der Waals surface area contributed by atoms with Crippen molar-refractivity contribution in [2.24, 2.45) is 0 Å². The zero-order valence-electron chi connectivity index (χ0n) is 26.4. The van der Waals surface area contributed by atoms with Crippen LogP contribution in [0.5, 0.6) is 0 Å². The highest BCUT2D eigenvalue weighted by Crippen LogP contribution is 2.34. The molecule has 0 radical (unpaired) electrons. The first-order valence-electron chi connectivity index (χ1n) is 15.2. The van der Waals surface area contributed by atoms with Crippen molar-refractivity contribution < 1.29 is 23.8 Å². The summed E-state index contributed by atoms with van der Waals surface area (Å²) in [4.78, 5) is 33.9. The van der Waals surface area contributed by atoms with E-state index in [1.165, 1.54) is 0 Å². The molecule has 0 atom stereocenters. The van der Waals surface area contributed by atoms with Crippen LogP contribution in [0.2, 0.25) is 0 Å². The highest BCUT2D eigenvalue weighted by atomic mass is 35.6. The van der Waals surface area contributed by atoms with E-state index in [4.69, 9.17) is 59.1 Å².